The lowest BCUT2D eigenvalue weighted by Gasteiger charge is -2.19. The standard InChI is InChI=1S/C10H21NO2S/c1-6(2)11-10(13)9(5)14-8(4)7(3)12/h6-9,12H,1-5H3,(H,11,13). The lowest BCUT2D eigenvalue weighted by Crippen LogP contribution is -2.37. The molecule has 1 amide bonds. The Morgan fingerprint density at radius 1 is 1.21 bits per heavy atom. The number of amides is 1. The highest BCUT2D eigenvalue weighted by Gasteiger charge is 2.19. The van der Waals surface area contributed by atoms with E-state index in [4.69, 9.17) is 0 Å². The zero-order chi connectivity index (χ0) is 11.3. The van der Waals surface area contributed by atoms with Crippen molar-refractivity contribution in [2.75, 3.05) is 0 Å². The number of hydrogen-bond acceptors (Lipinski definition) is 3. The van der Waals surface area contributed by atoms with E-state index in [0.717, 1.165) is 0 Å². The van der Waals surface area contributed by atoms with Gasteiger partial charge in [-0.2, -0.15) is 0 Å². The summed E-state index contributed by atoms with van der Waals surface area (Å²) < 4.78 is 0. The summed E-state index contributed by atoms with van der Waals surface area (Å²) in [5, 5.41) is 12.1. The van der Waals surface area contributed by atoms with Crippen LogP contribution >= 0.6 is 11.8 Å². The molecule has 0 spiro atoms. The Hall–Kier alpha value is -0.220. The fourth-order valence-corrected chi connectivity index (χ4v) is 1.96. The van der Waals surface area contributed by atoms with E-state index in [9.17, 15) is 9.90 Å². The third-order valence-corrected chi connectivity index (χ3v) is 3.34. The maximum absolute atomic E-state index is 11.5. The van der Waals surface area contributed by atoms with E-state index in [-0.39, 0.29) is 28.6 Å². The van der Waals surface area contributed by atoms with Gasteiger partial charge in [0.1, 0.15) is 0 Å². The second kappa shape index (κ2) is 6.30. The fraction of sp³-hybridized carbons (Fsp3) is 0.900. The predicted molar refractivity (Wildman–Crippen MR) is 61.5 cm³/mol. The lowest BCUT2D eigenvalue weighted by molar-refractivity contribution is -0.120. The monoisotopic (exact) mass is 219 g/mol. The molecule has 3 atom stereocenters. The molecule has 0 aromatic rings. The average molecular weight is 219 g/mol. The van der Waals surface area contributed by atoms with Crippen LogP contribution in [0.5, 0.6) is 0 Å². The summed E-state index contributed by atoms with van der Waals surface area (Å²) >= 11 is 1.50. The van der Waals surface area contributed by atoms with Gasteiger partial charge in [-0.15, -0.1) is 11.8 Å². The maximum atomic E-state index is 11.5. The molecule has 0 heterocycles. The van der Waals surface area contributed by atoms with Crippen LogP contribution in [-0.2, 0) is 4.79 Å². The van der Waals surface area contributed by atoms with Gasteiger partial charge in [-0.3, -0.25) is 4.79 Å². The van der Waals surface area contributed by atoms with Crippen molar-refractivity contribution < 1.29 is 9.90 Å². The van der Waals surface area contributed by atoms with Crippen LogP contribution in [0.25, 0.3) is 0 Å². The Morgan fingerprint density at radius 2 is 1.71 bits per heavy atom. The van der Waals surface area contributed by atoms with Gasteiger partial charge >= 0.3 is 0 Å². The number of carbonyl (C=O) groups excluding carboxylic acids is 1. The van der Waals surface area contributed by atoms with Gasteiger partial charge in [0.15, 0.2) is 0 Å². The minimum atomic E-state index is -0.380. The minimum absolute atomic E-state index is 0.0394. The summed E-state index contributed by atoms with van der Waals surface area (Å²) in [6.45, 7) is 9.40. The van der Waals surface area contributed by atoms with Gasteiger partial charge in [-0.05, 0) is 27.7 Å². The van der Waals surface area contributed by atoms with Crippen LogP contribution in [-0.4, -0.2) is 33.7 Å². The van der Waals surface area contributed by atoms with E-state index in [0.29, 0.717) is 0 Å². The molecule has 0 aliphatic heterocycles. The molecule has 0 saturated heterocycles. The Morgan fingerprint density at radius 3 is 2.07 bits per heavy atom. The number of carbonyl (C=O) groups is 1. The van der Waals surface area contributed by atoms with Gasteiger partial charge < -0.3 is 10.4 Å². The molecule has 0 aliphatic rings. The Labute approximate surface area is 90.7 Å². The molecule has 0 saturated carbocycles. The van der Waals surface area contributed by atoms with Crippen molar-refractivity contribution in [1.82, 2.24) is 5.32 Å². The van der Waals surface area contributed by atoms with E-state index in [2.05, 4.69) is 5.32 Å². The van der Waals surface area contributed by atoms with Crippen LogP contribution in [0, 0.1) is 0 Å². The normalized spacial score (nSPS) is 17.6. The van der Waals surface area contributed by atoms with Crippen molar-refractivity contribution in [3.05, 3.63) is 0 Å². The third-order valence-electron chi connectivity index (χ3n) is 1.90. The van der Waals surface area contributed by atoms with Crippen molar-refractivity contribution >= 4 is 17.7 Å². The number of aliphatic hydroxyl groups excluding tert-OH is 1. The molecular formula is C10H21NO2S. The van der Waals surface area contributed by atoms with E-state index in [1.165, 1.54) is 11.8 Å². The Kier molecular flexibility index (Phi) is 6.20. The molecule has 0 bridgehead atoms. The second-order valence-corrected chi connectivity index (χ2v) is 5.61. The number of hydrogen-bond donors (Lipinski definition) is 2. The zero-order valence-corrected chi connectivity index (χ0v) is 10.4. The smallest absolute Gasteiger partial charge is 0.233 e. The number of rotatable bonds is 5. The van der Waals surface area contributed by atoms with Crippen molar-refractivity contribution in [3.63, 3.8) is 0 Å². The first-order valence-electron chi connectivity index (χ1n) is 4.98. The van der Waals surface area contributed by atoms with Crippen molar-refractivity contribution in [2.45, 2.75) is 57.3 Å². The molecule has 84 valence electrons. The van der Waals surface area contributed by atoms with Crippen molar-refractivity contribution in [3.8, 4) is 0 Å². The second-order valence-electron chi connectivity index (χ2n) is 3.89. The SMILES string of the molecule is CC(C)NC(=O)C(C)SC(C)C(C)O. The highest BCUT2D eigenvalue weighted by molar-refractivity contribution is 8.01. The predicted octanol–water partition coefficient (Wildman–Crippen LogP) is 1.40. The van der Waals surface area contributed by atoms with E-state index in [1.807, 2.05) is 27.7 Å². The number of nitrogens with one attached hydrogen (secondary N) is 1. The summed E-state index contributed by atoms with van der Waals surface area (Å²) in [4.78, 5) is 11.5. The lowest BCUT2D eigenvalue weighted by atomic mass is 10.3. The van der Waals surface area contributed by atoms with Gasteiger partial charge in [0, 0.05) is 11.3 Å². The van der Waals surface area contributed by atoms with Gasteiger partial charge in [0.25, 0.3) is 0 Å². The molecule has 0 aromatic heterocycles. The molecule has 14 heavy (non-hydrogen) atoms. The third kappa shape index (κ3) is 5.50. The maximum Gasteiger partial charge on any atom is 0.233 e. The van der Waals surface area contributed by atoms with Gasteiger partial charge in [-0.1, -0.05) is 6.92 Å². The first-order chi connectivity index (χ1) is 6.34. The number of aliphatic hydroxyl groups is 1. The topological polar surface area (TPSA) is 49.3 Å². The summed E-state index contributed by atoms with van der Waals surface area (Å²) in [6.07, 6.45) is -0.380. The molecular weight excluding hydrogens is 198 g/mol. The molecule has 3 nitrogen and oxygen atoms in total. The molecule has 0 rings (SSSR count). The van der Waals surface area contributed by atoms with Crippen LogP contribution in [0.1, 0.15) is 34.6 Å². The van der Waals surface area contributed by atoms with E-state index in [1.54, 1.807) is 6.92 Å². The molecule has 3 unspecified atom stereocenters. The summed E-state index contributed by atoms with van der Waals surface area (Å²) in [6, 6.07) is 0.174. The fourth-order valence-electron chi connectivity index (χ4n) is 0.899. The molecule has 0 aromatic carbocycles. The summed E-state index contributed by atoms with van der Waals surface area (Å²) in [5.41, 5.74) is 0. The van der Waals surface area contributed by atoms with E-state index < -0.39 is 0 Å². The zero-order valence-electron chi connectivity index (χ0n) is 9.57. The quantitative estimate of drug-likeness (QED) is 0.735. The minimum Gasteiger partial charge on any atom is -0.392 e. The first kappa shape index (κ1) is 13.8. The summed E-state index contributed by atoms with van der Waals surface area (Å²) in [7, 11) is 0. The summed E-state index contributed by atoms with van der Waals surface area (Å²) in [5.74, 6) is 0.0394. The van der Waals surface area contributed by atoms with E-state index >= 15 is 0 Å². The largest absolute Gasteiger partial charge is 0.392 e. The van der Waals surface area contributed by atoms with Crippen LogP contribution in [0.15, 0.2) is 0 Å². The van der Waals surface area contributed by atoms with Gasteiger partial charge in [0.05, 0.1) is 11.4 Å². The number of thioether (sulfide) groups is 1. The molecule has 2 N–H and O–H groups in total. The molecule has 0 radical (unpaired) electrons. The molecule has 0 aliphatic carbocycles. The van der Waals surface area contributed by atoms with Crippen LogP contribution in [0.2, 0.25) is 0 Å². The average Bonchev–Trinajstić information content (AvgIpc) is 2.02. The van der Waals surface area contributed by atoms with Gasteiger partial charge in [-0.25, -0.2) is 0 Å². The van der Waals surface area contributed by atoms with Gasteiger partial charge in [0.2, 0.25) is 5.91 Å². The van der Waals surface area contributed by atoms with Crippen molar-refractivity contribution in [2.24, 2.45) is 0 Å². The Bertz CT molecular complexity index is 183. The highest BCUT2D eigenvalue weighted by atomic mass is 32.2. The van der Waals surface area contributed by atoms with Crippen LogP contribution in [0.4, 0.5) is 0 Å². The molecule has 0 fully saturated rings. The van der Waals surface area contributed by atoms with Crippen molar-refractivity contribution in [1.29, 1.82) is 0 Å². The molecule has 4 heteroatoms. The van der Waals surface area contributed by atoms with Crippen LogP contribution in [0.3, 0.4) is 0 Å². The first-order valence-corrected chi connectivity index (χ1v) is 5.92. The van der Waals surface area contributed by atoms with Crippen LogP contribution < -0.4 is 5.32 Å². The highest BCUT2D eigenvalue weighted by Crippen LogP contribution is 2.20. The Balaban J connectivity index is 3.95.